The van der Waals surface area contributed by atoms with Gasteiger partial charge in [0.2, 0.25) is 0 Å². The summed E-state index contributed by atoms with van der Waals surface area (Å²) in [7, 11) is 0. The highest BCUT2D eigenvalue weighted by Crippen LogP contribution is 2.47. The minimum atomic E-state index is -0.431. The third-order valence-electron chi connectivity index (χ3n) is 5.23. The fourth-order valence-electron chi connectivity index (χ4n) is 4.19. The van der Waals surface area contributed by atoms with Crippen molar-refractivity contribution in [2.24, 2.45) is 5.41 Å². The number of nitrogens with zero attached hydrogens (tertiary/aromatic N) is 2. The third-order valence-corrected chi connectivity index (χ3v) is 5.23. The Morgan fingerprint density at radius 3 is 2.32 bits per heavy atom. The van der Waals surface area contributed by atoms with Gasteiger partial charge in [-0.2, -0.15) is 0 Å². The molecule has 0 unspecified atom stereocenters. The SMILES string of the molecule is CC(C)(C)OC(=O)N1CCC2(CN(C3COC3)C2)CC1(C)C. The second-order valence-corrected chi connectivity index (χ2v) is 8.97. The number of carbonyl (C=O) groups is 1. The van der Waals surface area contributed by atoms with Crippen LogP contribution in [0.5, 0.6) is 0 Å². The van der Waals surface area contributed by atoms with E-state index in [-0.39, 0.29) is 11.6 Å². The molecule has 0 bridgehead atoms. The van der Waals surface area contributed by atoms with Crippen molar-refractivity contribution in [3.8, 4) is 0 Å². The molecule has 1 spiro atoms. The molecule has 1 amide bonds. The lowest BCUT2D eigenvalue weighted by Crippen LogP contribution is -2.69. The molecule has 3 aliphatic rings. The van der Waals surface area contributed by atoms with Gasteiger partial charge in [-0.3, -0.25) is 4.90 Å². The van der Waals surface area contributed by atoms with Gasteiger partial charge in [0, 0.05) is 25.2 Å². The number of ether oxygens (including phenoxy) is 2. The minimum absolute atomic E-state index is 0.136. The molecule has 0 radical (unpaired) electrons. The van der Waals surface area contributed by atoms with Crippen LogP contribution in [0.15, 0.2) is 0 Å². The van der Waals surface area contributed by atoms with Crippen LogP contribution in [0.3, 0.4) is 0 Å². The van der Waals surface area contributed by atoms with E-state index in [0.29, 0.717) is 11.5 Å². The molecular formula is C17H30N2O3. The first-order chi connectivity index (χ1) is 10.1. The van der Waals surface area contributed by atoms with Gasteiger partial charge in [-0.1, -0.05) is 0 Å². The summed E-state index contributed by atoms with van der Waals surface area (Å²) in [6.45, 7) is 15.0. The Kier molecular flexibility index (Phi) is 3.72. The highest BCUT2D eigenvalue weighted by atomic mass is 16.6. The molecule has 5 nitrogen and oxygen atoms in total. The molecular weight excluding hydrogens is 280 g/mol. The Morgan fingerprint density at radius 1 is 1.23 bits per heavy atom. The molecule has 3 fully saturated rings. The maximum atomic E-state index is 12.5. The number of hydrogen-bond donors (Lipinski definition) is 0. The molecule has 0 N–H and O–H groups in total. The lowest BCUT2D eigenvalue weighted by atomic mass is 9.65. The van der Waals surface area contributed by atoms with E-state index in [1.807, 2.05) is 25.7 Å². The zero-order valence-electron chi connectivity index (χ0n) is 14.6. The van der Waals surface area contributed by atoms with Gasteiger partial charge in [-0.05, 0) is 52.9 Å². The average Bonchev–Trinajstić information content (AvgIpc) is 2.20. The number of hydrogen-bond acceptors (Lipinski definition) is 4. The Labute approximate surface area is 133 Å². The monoisotopic (exact) mass is 310 g/mol. The van der Waals surface area contributed by atoms with Crippen molar-refractivity contribution in [1.29, 1.82) is 0 Å². The molecule has 0 aromatic heterocycles. The van der Waals surface area contributed by atoms with Gasteiger partial charge in [0.25, 0.3) is 0 Å². The highest BCUT2D eigenvalue weighted by molar-refractivity contribution is 5.69. The molecule has 3 saturated heterocycles. The van der Waals surface area contributed by atoms with E-state index in [4.69, 9.17) is 9.47 Å². The molecule has 3 rings (SSSR count). The Bertz CT molecular complexity index is 445. The van der Waals surface area contributed by atoms with Crippen molar-refractivity contribution < 1.29 is 14.3 Å². The highest BCUT2D eigenvalue weighted by Gasteiger charge is 2.54. The van der Waals surface area contributed by atoms with Crippen molar-refractivity contribution in [1.82, 2.24) is 9.80 Å². The second kappa shape index (κ2) is 5.10. The number of rotatable bonds is 1. The molecule has 3 heterocycles. The van der Waals surface area contributed by atoms with Gasteiger partial charge >= 0.3 is 6.09 Å². The van der Waals surface area contributed by atoms with Crippen LogP contribution >= 0.6 is 0 Å². The predicted molar refractivity (Wildman–Crippen MR) is 84.9 cm³/mol. The zero-order valence-corrected chi connectivity index (χ0v) is 14.6. The van der Waals surface area contributed by atoms with Gasteiger partial charge in [-0.15, -0.1) is 0 Å². The van der Waals surface area contributed by atoms with Crippen LogP contribution in [0.4, 0.5) is 4.79 Å². The van der Waals surface area contributed by atoms with Crippen LogP contribution in [-0.2, 0) is 9.47 Å². The molecule has 0 aromatic rings. The second-order valence-electron chi connectivity index (χ2n) is 8.97. The standard InChI is InChI=1S/C17H30N2O3/c1-15(2,3)22-14(20)19-7-6-17(10-16(19,4)5)11-18(12-17)13-8-21-9-13/h13H,6-12H2,1-5H3. The summed E-state index contributed by atoms with van der Waals surface area (Å²) < 4.78 is 10.9. The van der Waals surface area contributed by atoms with E-state index >= 15 is 0 Å². The van der Waals surface area contributed by atoms with Gasteiger partial charge in [0.15, 0.2) is 0 Å². The zero-order chi connectivity index (χ0) is 16.2. The van der Waals surface area contributed by atoms with E-state index in [0.717, 1.165) is 45.7 Å². The summed E-state index contributed by atoms with van der Waals surface area (Å²) >= 11 is 0. The van der Waals surface area contributed by atoms with Crippen molar-refractivity contribution in [3.05, 3.63) is 0 Å². The van der Waals surface area contributed by atoms with Crippen molar-refractivity contribution >= 4 is 6.09 Å². The van der Waals surface area contributed by atoms with E-state index in [2.05, 4.69) is 18.7 Å². The first-order valence-electron chi connectivity index (χ1n) is 8.43. The third kappa shape index (κ3) is 2.98. The number of piperidine rings is 1. The fourth-order valence-corrected chi connectivity index (χ4v) is 4.19. The molecule has 3 aliphatic heterocycles. The maximum Gasteiger partial charge on any atom is 0.410 e. The van der Waals surface area contributed by atoms with Crippen LogP contribution in [0.2, 0.25) is 0 Å². The summed E-state index contributed by atoms with van der Waals surface area (Å²) in [6, 6.07) is 0.637. The lowest BCUT2D eigenvalue weighted by Gasteiger charge is -2.61. The van der Waals surface area contributed by atoms with Crippen molar-refractivity contribution in [3.63, 3.8) is 0 Å². The summed E-state index contributed by atoms with van der Waals surface area (Å²) in [5.74, 6) is 0. The van der Waals surface area contributed by atoms with E-state index in [1.54, 1.807) is 0 Å². The Balaban J connectivity index is 1.59. The first-order valence-corrected chi connectivity index (χ1v) is 8.43. The predicted octanol–water partition coefficient (Wildman–Crippen LogP) is 2.50. The minimum Gasteiger partial charge on any atom is -0.444 e. The molecule has 0 atom stereocenters. The first kappa shape index (κ1) is 16.1. The number of likely N-dealkylation sites (tertiary alicyclic amines) is 2. The van der Waals surface area contributed by atoms with Crippen LogP contribution in [-0.4, -0.2) is 65.9 Å². The molecule has 126 valence electrons. The summed E-state index contributed by atoms with van der Waals surface area (Å²) in [6.07, 6.45) is 1.97. The Hall–Kier alpha value is -0.810. The molecule has 22 heavy (non-hydrogen) atoms. The maximum absolute atomic E-state index is 12.5. The average molecular weight is 310 g/mol. The van der Waals surface area contributed by atoms with Crippen LogP contribution in [0.1, 0.15) is 47.5 Å². The number of amides is 1. The largest absolute Gasteiger partial charge is 0.444 e. The summed E-state index contributed by atoms with van der Waals surface area (Å²) in [4.78, 5) is 16.9. The Morgan fingerprint density at radius 2 is 1.86 bits per heavy atom. The lowest BCUT2D eigenvalue weighted by molar-refractivity contribution is -0.157. The van der Waals surface area contributed by atoms with Crippen LogP contribution < -0.4 is 0 Å². The van der Waals surface area contributed by atoms with Gasteiger partial charge in [0.1, 0.15) is 5.60 Å². The molecule has 0 saturated carbocycles. The topological polar surface area (TPSA) is 42.0 Å². The number of carbonyl (C=O) groups excluding carboxylic acids is 1. The quantitative estimate of drug-likeness (QED) is 0.746. The van der Waals surface area contributed by atoms with Gasteiger partial charge < -0.3 is 14.4 Å². The van der Waals surface area contributed by atoms with Crippen LogP contribution in [0, 0.1) is 5.41 Å². The van der Waals surface area contributed by atoms with Crippen molar-refractivity contribution in [2.75, 3.05) is 32.8 Å². The summed E-state index contributed by atoms with van der Waals surface area (Å²) in [5.41, 5.74) is -0.180. The van der Waals surface area contributed by atoms with Crippen LogP contribution in [0.25, 0.3) is 0 Å². The van der Waals surface area contributed by atoms with E-state index in [9.17, 15) is 4.79 Å². The van der Waals surface area contributed by atoms with Gasteiger partial charge in [0.05, 0.1) is 19.3 Å². The summed E-state index contributed by atoms with van der Waals surface area (Å²) in [5, 5.41) is 0. The van der Waals surface area contributed by atoms with Gasteiger partial charge in [-0.25, -0.2) is 4.79 Å². The smallest absolute Gasteiger partial charge is 0.410 e. The molecule has 0 aromatic carbocycles. The molecule has 5 heteroatoms. The van der Waals surface area contributed by atoms with E-state index in [1.165, 1.54) is 0 Å². The fraction of sp³-hybridized carbons (Fsp3) is 0.941. The normalized spacial score (nSPS) is 28.1. The van der Waals surface area contributed by atoms with E-state index < -0.39 is 5.60 Å². The van der Waals surface area contributed by atoms with Crippen molar-refractivity contribution in [2.45, 2.75) is 64.6 Å². The molecule has 0 aliphatic carbocycles.